The molecule has 0 aliphatic carbocycles. The molecule has 8 heteroatoms. The number of hydrogen-bond donors (Lipinski definition) is 3. The summed E-state index contributed by atoms with van der Waals surface area (Å²) in [5.74, 6) is -0.381. The van der Waals surface area contributed by atoms with E-state index in [0.717, 1.165) is 33.9 Å². The number of para-hydroxylation sites is 2. The van der Waals surface area contributed by atoms with E-state index in [0.29, 0.717) is 24.1 Å². The zero-order valence-electron chi connectivity index (χ0n) is 17.5. The van der Waals surface area contributed by atoms with Crippen LogP contribution in [0.15, 0.2) is 64.3 Å². The Bertz CT molecular complexity index is 1390. The summed E-state index contributed by atoms with van der Waals surface area (Å²) in [6.45, 7) is 1.03. The summed E-state index contributed by atoms with van der Waals surface area (Å²) in [7, 11) is 0. The zero-order chi connectivity index (χ0) is 22.1. The molecule has 1 amide bonds. The highest BCUT2D eigenvalue weighted by Gasteiger charge is 2.27. The van der Waals surface area contributed by atoms with Gasteiger partial charge in [-0.15, -0.1) is 0 Å². The number of hydrogen-bond acceptors (Lipinski definition) is 4. The molecule has 5 rings (SSSR count). The van der Waals surface area contributed by atoms with Crippen LogP contribution in [-0.2, 0) is 16.0 Å². The Kier molecular flexibility index (Phi) is 5.36. The standard InChI is InChI=1S/C24H24N4O4/c29-22(26-14-16-6-5-11-32-16)21(12-15-13-25-19-9-3-1-7-17(15)19)28-23(30)18-8-2-4-10-20(18)27-24(28)31/h1-4,7-10,13,16,21,25H,5-6,11-12,14H2,(H,26,29)(H,27,31)/t16?,21-/m0/s1. The van der Waals surface area contributed by atoms with Gasteiger partial charge in [0, 0.05) is 36.7 Å². The van der Waals surface area contributed by atoms with E-state index in [1.807, 2.05) is 30.5 Å². The zero-order valence-corrected chi connectivity index (χ0v) is 17.5. The molecule has 1 aliphatic rings. The molecule has 1 aliphatic heterocycles. The van der Waals surface area contributed by atoms with Crippen molar-refractivity contribution < 1.29 is 9.53 Å². The smallest absolute Gasteiger partial charge is 0.329 e. The first-order valence-corrected chi connectivity index (χ1v) is 10.8. The molecule has 8 nitrogen and oxygen atoms in total. The lowest BCUT2D eigenvalue weighted by Gasteiger charge is -2.20. The third-order valence-corrected chi connectivity index (χ3v) is 6.07. The van der Waals surface area contributed by atoms with Crippen molar-refractivity contribution in [2.24, 2.45) is 0 Å². The third-order valence-electron chi connectivity index (χ3n) is 6.07. The average Bonchev–Trinajstić information content (AvgIpc) is 3.47. The molecule has 0 radical (unpaired) electrons. The number of aromatic nitrogens is 3. The van der Waals surface area contributed by atoms with Gasteiger partial charge in [-0.3, -0.25) is 9.59 Å². The topological polar surface area (TPSA) is 109 Å². The summed E-state index contributed by atoms with van der Waals surface area (Å²) >= 11 is 0. The van der Waals surface area contributed by atoms with Gasteiger partial charge in [-0.2, -0.15) is 0 Å². The summed E-state index contributed by atoms with van der Waals surface area (Å²) in [6.07, 6.45) is 3.82. The normalized spacial score (nSPS) is 17.1. The number of nitrogens with one attached hydrogen (secondary N) is 3. The lowest BCUT2D eigenvalue weighted by Crippen LogP contribution is -2.46. The maximum absolute atomic E-state index is 13.3. The number of amides is 1. The molecule has 32 heavy (non-hydrogen) atoms. The first-order valence-electron chi connectivity index (χ1n) is 10.8. The van der Waals surface area contributed by atoms with Gasteiger partial charge in [-0.05, 0) is 36.6 Å². The number of benzene rings is 2. The summed E-state index contributed by atoms with van der Waals surface area (Å²) in [5.41, 5.74) is 1.15. The fraction of sp³-hybridized carbons (Fsp3) is 0.292. The van der Waals surface area contributed by atoms with Gasteiger partial charge in [-0.1, -0.05) is 30.3 Å². The van der Waals surface area contributed by atoms with E-state index in [1.54, 1.807) is 24.3 Å². The van der Waals surface area contributed by atoms with E-state index in [4.69, 9.17) is 4.74 Å². The minimum atomic E-state index is -1.00. The Hall–Kier alpha value is -3.65. The van der Waals surface area contributed by atoms with Crippen molar-refractivity contribution in [2.45, 2.75) is 31.4 Å². The van der Waals surface area contributed by atoms with Crippen LogP contribution in [0.25, 0.3) is 21.8 Å². The number of carbonyl (C=O) groups excluding carboxylic acids is 1. The van der Waals surface area contributed by atoms with Crippen LogP contribution < -0.4 is 16.6 Å². The van der Waals surface area contributed by atoms with Crippen LogP contribution in [0.3, 0.4) is 0 Å². The van der Waals surface area contributed by atoms with E-state index in [2.05, 4.69) is 15.3 Å². The second kappa shape index (κ2) is 8.47. The fourth-order valence-electron chi connectivity index (χ4n) is 4.41. The molecule has 3 N–H and O–H groups in total. The Morgan fingerprint density at radius 1 is 1.09 bits per heavy atom. The van der Waals surface area contributed by atoms with Gasteiger partial charge in [0.1, 0.15) is 6.04 Å². The van der Waals surface area contributed by atoms with Gasteiger partial charge in [0.25, 0.3) is 5.56 Å². The van der Waals surface area contributed by atoms with Crippen LogP contribution in [0.5, 0.6) is 0 Å². The van der Waals surface area contributed by atoms with Crippen LogP contribution in [0, 0.1) is 0 Å². The molecule has 1 saturated heterocycles. The molecule has 4 aromatic rings. The van der Waals surface area contributed by atoms with Crippen molar-refractivity contribution >= 4 is 27.7 Å². The molecule has 1 fully saturated rings. The predicted octanol–water partition coefficient (Wildman–Crippen LogP) is 2.25. The Balaban J connectivity index is 1.56. The highest BCUT2D eigenvalue weighted by Crippen LogP contribution is 2.22. The second-order valence-electron chi connectivity index (χ2n) is 8.11. The highest BCUT2D eigenvalue weighted by atomic mass is 16.5. The number of fused-ring (bicyclic) bond motifs is 2. The van der Waals surface area contributed by atoms with Gasteiger partial charge in [0.2, 0.25) is 5.91 Å². The van der Waals surface area contributed by atoms with Crippen LogP contribution >= 0.6 is 0 Å². The molecule has 0 bridgehead atoms. The van der Waals surface area contributed by atoms with E-state index in [-0.39, 0.29) is 18.4 Å². The van der Waals surface area contributed by atoms with Gasteiger partial charge in [0.15, 0.2) is 0 Å². The largest absolute Gasteiger partial charge is 0.376 e. The number of nitrogens with zero attached hydrogens (tertiary/aromatic N) is 1. The molecule has 164 valence electrons. The van der Waals surface area contributed by atoms with E-state index in [1.165, 1.54) is 0 Å². The SMILES string of the molecule is O=C(NCC1CCCO1)[C@H](Cc1c[nH]c2ccccc12)n1c(=O)[nH]c2ccccc2c1=O. The fourth-order valence-corrected chi connectivity index (χ4v) is 4.41. The maximum atomic E-state index is 13.3. The first-order chi connectivity index (χ1) is 15.6. The minimum Gasteiger partial charge on any atom is -0.376 e. The van der Waals surface area contributed by atoms with Crippen LogP contribution in [0.2, 0.25) is 0 Å². The molecule has 0 saturated carbocycles. The Morgan fingerprint density at radius 3 is 2.62 bits per heavy atom. The molecule has 1 unspecified atom stereocenters. The number of aromatic amines is 2. The van der Waals surface area contributed by atoms with Crippen LogP contribution in [0.1, 0.15) is 24.4 Å². The quantitative estimate of drug-likeness (QED) is 0.434. The Morgan fingerprint density at radius 2 is 1.84 bits per heavy atom. The monoisotopic (exact) mass is 432 g/mol. The summed E-state index contributed by atoms with van der Waals surface area (Å²) in [5, 5.41) is 4.22. The summed E-state index contributed by atoms with van der Waals surface area (Å²) in [6, 6.07) is 13.5. The van der Waals surface area contributed by atoms with Crippen LogP contribution in [-0.4, -0.2) is 39.7 Å². The van der Waals surface area contributed by atoms with E-state index >= 15 is 0 Å². The molecule has 2 aromatic carbocycles. The van der Waals surface area contributed by atoms with Crippen molar-refractivity contribution in [2.75, 3.05) is 13.2 Å². The number of rotatable bonds is 6. The van der Waals surface area contributed by atoms with Gasteiger partial charge >= 0.3 is 5.69 Å². The first kappa shape index (κ1) is 20.3. The maximum Gasteiger partial charge on any atom is 0.329 e. The van der Waals surface area contributed by atoms with Crippen molar-refractivity contribution in [1.29, 1.82) is 0 Å². The van der Waals surface area contributed by atoms with Crippen molar-refractivity contribution in [3.8, 4) is 0 Å². The molecular formula is C24H24N4O4. The summed E-state index contributed by atoms with van der Waals surface area (Å²) in [4.78, 5) is 45.5. The molecule has 2 atom stereocenters. The molecular weight excluding hydrogens is 408 g/mol. The van der Waals surface area contributed by atoms with Gasteiger partial charge in [0.05, 0.1) is 17.0 Å². The third kappa shape index (κ3) is 3.73. The van der Waals surface area contributed by atoms with Crippen LogP contribution in [0.4, 0.5) is 0 Å². The predicted molar refractivity (Wildman–Crippen MR) is 122 cm³/mol. The van der Waals surface area contributed by atoms with Crippen molar-refractivity contribution in [3.05, 3.63) is 81.1 Å². The number of carbonyl (C=O) groups is 1. The average molecular weight is 432 g/mol. The Labute approximate surface area is 183 Å². The lowest BCUT2D eigenvalue weighted by molar-refractivity contribution is -0.125. The van der Waals surface area contributed by atoms with E-state index in [9.17, 15) is 14.4 Å². The molecule has 0 spiro atoms. The summed E-state index contributed by atoms with van der Waals surface area (Å²) < 4.78 is 6.64. The minimum absolute atomic E-state index is 0.0423. The molecule has 3 heterocycles. The van der Waals surface area contributed by atoms with Crippen molar-refractivity contribution in [1.82, 2.24) is 19.9 Å². The van der Waals surface area contributed by atoms with Gasteiger partial charge in [-0.25, -0.2) is 9.36 Å². The molecule has 2 aromatic heterocycles. The number of ether oxygens (including phenoxy) is 1. The van der Waals surface area contributed by atoms with Crippen molar-refractivity contribution in [3.63, 3.8) is 0 Å². The number of H-pyrrole nitrogens is 2. The second-order valence-corrected chi connectivity index (χ2v) is 8.11. The lowest BCUT2D eigenvalue weighted by atomic mass is 10.0. The van der Waals surface area contributed by atoms with E-state index < -0.39 is 17.3 Å². The van der Waals surface area contributed by atoms with Gasteiger partial charge < -0.3 is 20.0 Å². The highest BCUT2D eigenvalue weighted by molar-refractivity contribution is 5.86.